The number of hydrogen-bond donors (Lipinski definition) is 2. The van der Waals surface area contributed by atoms with E-state index in [1.807, 2.05) is 12.1 Å². The number of halogens is 1. The average Bonchev–Trinajstić information content (AvgIpc) is 2.72. The topological polar surface area (TPSA) is 61.5 Å². The Morgan fingerprint density at radius 2 is 2.06 bits per heavy atom. The molecule has 0 atom stereocenters. The molecule has 5 heteroatoms. The number of aromatic amines is 2. The molecule has 0 aliphatic rings. The summed E-state index contributed by atoms with van der Waals surface area (Å²) in [6, 6.07) is 8.65. The molecule has 0 aliphatic carbocycles. The highest BCUT2D eigenvalue weighted by Crippen LogP contribution is 2.21. The van der Waals surface area contributed by atoms with Crippen LogP contribution in [0.15, 0.2) is 41.3 Å². The summed E-state index contributed by atoms with van der Waals surface area (Å²) in [5.74, 6) is 0.707. The molecule has 17 heavy (non-hydrogen) atoms. The molecule has 0 aliphatic heterocycles. The fraction of sp³-hybridized carbons (Fsp3) is 0. The normalized spacial score (nSPS) is 10.9. The van der Waals surface area contributed by atoms with Gasteiger partial charge in [0.15, 0.2) is 0 Å². The van der Waals surface area contributed by atoms with Crippen LogP contribution in [0.5, 0.6) is 0 Å². The third-order valence-electron chi connectivity index (χ3n) is 2.50. The molecule has 2 heterocycles. The van der Waals surface area contributed by atoms with Gasteiger partial charge >= 0.3 is 0 Å². The Hall–Kier alpha value is -2.07. The smallest absolute Gasteiger partial charge is 0.247 e. The molecular formula is C12H8ClN3O. The number of nitrogens with zero attached hydrogens (tertiary/aromatic N) is 1. The third-order valence-corrected chi connectivity index (χ3v) is 2.74. The maximum absolute atomic E-state index is 11.0. The highest BCUT2D eigenvalue weighted by atomic mass is 35.5. The average molecular weight is 246 g/mol. The van der Waals surface area contributed by atoms with Crippen molar-refractivity contribution in [3.05, 3.63) is 51.9 Å². The van der Waals surface area contributed by atoms with E-state index in [-0.39, 0.29) is 5.56 Å². The first-order valence-electron chi connectivity index (χ1n) is 5.07. The van der Waals surface area contributed by atoms with Gasteiger partial charge in [-0.05, 0) is 24.3 Å². The summed E-state index contributed by atoms with van der Waals surface area (Å²) in [5.41, 5.74) is 2.42. The van der Waals surface area contributed by atoms with E-state index in [1.54, 1.807) is 18.3 Å². The Morgan fingerprint density at radius 1 is 1.18 bits per heavy atom. The Bertz CT molecular complexity index is 724. The fourth-order valence-electron chi connectivity index (χ4n) is 1.68. The Balaban J connectivity index is 2.17. The van der Waals surface area contributed by atoms with Crippen molar-refractivity contribution in [2.45, 2.75) is 0 Å². The number of hydrogen-bond acceptors (Lipinski definition) is 2. The maximum Gasteiger partial charge on any atom is 0.247 e. The summed E-state index contributed by atoms with van der Waals surface area (Å²) < 4.78 is 0. The fourth-order valence-corrected chi connectivity index (χ4v) is 1.85. The van der Waals surface area contributed by atoms with Gasteiger partial charge in [0.1, 0.15) is 5.82 Å². The molecule has 0 saturated heterocycles. The lowest BCUT2D eigenvalue weighted by Gasteiger charge is -1.93. The van der Waals surface area contributed by atoms with Crippen LogP contribution in [0.4, 0.5) is 0 Å². The van der Waals surface area contributed by atoms with Crippen LogP contribution in [0.2, 0.25) is 5.02 Å². The van der Waals surface area contributed by atoms with E-state index in [1.165, 1.54) is 6.07 Å². The minimum absolute atomic E-state index is 0.132. The Morgan fingerprint density at radius 3 is 2.82 bits per heavy atom. The lowest BCUT2D eigenvalue weighted by atomic mass is 10.3. The molecule has 3 rings (SSSR count). The van der Waals surface area contributed by atoms with Crippen LogP contribution in [-0.2, 0) is 0 Å². The van der Waals surface area contributed by atoms with Crippen LogP contribution >= 0.6 is 11.6 Å². The number of H-pyrrole nitrogens is 2. The molecule has 84 valence electrons. The van der Waals surface area contributed by atoms with Crippen LogP contribution in [0, 0.1) is 0 Å². The standard InChI is InChI=1S/C12H8ClN3O/c13-8-2-3-9-10(5-8)16-12(15-9)7-1-4-11(17)14-6-7/h1-6H,(H,14,17)(H,15,16). The van der Waals surface area contributed by atoms with E-state index in [2.05, 4.69) is 15.0 Å². The van der Waals surface area contributed by atoms with Gasteiger partial charge in [-0.25, -0.2) is 4.98 Å². The summed E-state index contributed by atoms with van der Waals surface area (Å²) >= 11 is 5.90. The molecule has 4 nitrogen and oxygen atoms in total. The highest BCUT2D eigenvalue weighted by molar-refractivity contribution is 6.31. The van der Waals surface area contributed by atoms with Crippen molar-refractivity contribution in [3.8, 4) is 11.4 Å². The Kier molecular flexibility index (Phi) is 2.23. The molecule has 0 radical (unpaired) electrons. The van der Waals surface area contributed by atoms with Crippen LogP contribution in [0.25, 0.3) is 22.4 Å². The zero-order valence-corrected chi connectivity index (χ0v) is 9.45. The van der Waals surface area contributed by atoms with Crippen LogP contribution in [-0.4, -0.2) is 15.0 Å². The zero-order chi connectivity index (χ0) is 11.8. The van der Waals surface area contributed by atoms with Gasteiger partial charge in [-0.1, -0.05) is 11.6 Å². The molecule has 2 aromatic heterocycles. The van der Waals surface area contributed by atoms with Gasteiger partial charge in [-0.3, -0.25) is 4.79 Å². The van der Waals surface area contributed by atoms with E-state index >= 15 is 0 Å². The molecule has 2 N–H and O–H groups in total. The SMILES string of the molecule is O=c1ccc(-c2nc3ccc(Cl)cc3[nH]2)c[nH]1. The Labute approximate surface area is 101 Å². The van der Waals surface area contributed by atoms with Gasteiger partial charge < -0.3 is 9.97 Å². The number of fused-ring (bicyclic) bond motifs is 1. The molecule has 0 spiro atoms. The van der Waals surface area contributed by atoms with Gasteiger partial charge in [-0.2, -0.15) is 0 Å². The first kappa shape index (κ1) is 10.1. The van der Waals surface area contributed by atoms with Crippen molar-refractivity contribution in [3.63, 3.8) is 0 Å². The van der Waals surface area contributed by atoms with E-state index in [0.717, 1.165) is 16.6 Å². The van der Waals surface area contributed by atoms with Gasteiger partial charge in [-0.15, -0.1) is 0 Å². The van der Waals surface area contributed by atoms with Crippen LogP contribution in [0.3, 0.4) is 0 Å². The molecule has 0 fully saturated rings. The molecule has 0 unspecified atom stereocenters. The maximum atomic E-state index is 11.0. The molecule has 0 amide bonds. The predicted octanol–water partition coefficient (Wildman–Crippen LogP) is 2.57. The first-order chi connectivity index (χ1) is 8.22. The van der Waals surface area contributed by atoms with E-state index in [4.69, 9.17) is 11.6 Å². The summed E-state index contributed by atoms with van der Waals surface area (Å²) in [4.78, 5) is 21.2. The first-order valence-corrected chi connectivity index (χ1v) is 5.44. The van der Waals surface area contributed by atoms with Gasteiger partial charge in [0.2, 0.25) is 5.56 Å². The predicted molar refractivity (Wildman–Crippen MR) is 67.2 cm³/mol. The van der Waals surface area contributed by atoms with Crippen molar-refractivity contribution in [1.29, 1.82) is 0 Å². The van der Waals surface area contributed by atoms with Crippen molar-refractivity contribution >= 4 is 22.6 Å². The second kappa shape index (κ2) is 3.75. The van der Waals surface area contributed by atoms with E-state index in [0.29, 0.717) is 10.8 Å². The highest BCUT2D eigenvalue weighted by Gasteiger charge is 2.05. The van der Waals surface area contributed by atoms with Crippen molar-refractivity contribution in [2.75, 3.05) is 0 Å². The molecule has 0 bridgehead atoms. The molecule has 0 saturated carbocycles. The largest absolute Gasteiger partial charge is 0.338 e. The second-order valence-electron chi connectivity index (χ2n) is 3.69. The van der Waals surface area contributed by atoms with Gasteiger partial charge in [0.25, 0.3) is 0 Å². The quantitative estimate of drug-likeness (QED) is 0.692. The number of aromatic nitrogens is 3. The third kappa shape index (κ3) is 1.83. The summed E-state index contributed by atoms with van der Waals surface area (Å²) in [5, 5.41) is 0.661. The van der Waals surface area contributed by atoms with Gasteiger partial charge in [0, 0.05) is 22.8 Å². The zero-order valence-electron chi connectivity index (χ0n) is 8.70. The van der Waals surface area contributed by atoms with Gasteiger partial charge in [0.05, 0.1) is 11.0 Å². The summed E-state index contributed by atoms with van der Waals surface area (Å²) in [6.07, 6.45) is 1.63. The van der Waals surface area contributed by atoms with Crippen molar-refractivity contribution in [1.82, 2.24) is 15.0 Å². The monoisotopic (exact) mass is 245 g/mol. The second-order valence-corrected chi connectivity index (χ2v) is 4.12. The minimum atomic E-state index is -0.132. The van der Waals surface area contributed by atoms with E-state index in [9.17, 15) is 4.79 Å². The van der Waals surface area contributed by atoms with Crippen LogP contribution < -0.4 is 5.56 Å². The summed E-state index contributed by atoms with van der Waals surface area (Å²) in [6.45, 7) is 0. The summed E-state index contributed by atoms with van der Waals surface area (Å²) in [7, 11) is 0. The number of nitrogens with one attached hydrogen (secondary N) is 2. The number of benzene rings is 1. The number of pyridine rings is 1. The number of rotatable bonds is 1. The lowest BCUT2D eigenvalue weighted by molar-refractivity contribution is 1.22. The molecule has 3 aromatic rings. The van der Waals surface area contributed by atoms with E-state index < -0.39 is 0 Å². The van der Waals surface area contributed by atoms with Crippen LogP contribution in [0.1, 0.15) is 0 Å². The lowest BCUT2D eigenvalue weighted by Crippen LogP contribution is -2.01. The van der Waals surface area contributed by atoms with Crippen molar-refractivity contribution in [2.24, 2.45) is 0 Å². The number of imidazole rings is 1. The minimum Gasteiger partial charge on any atom is -0.338 e. The molecule has 1 aromatic carbocycles. The molecular weight excluding hydrogens is 238 g/mol. The van der Waals surface area contributed by atoms with Crippen molar-refractivity contribution < 1.29 is 0 Å².